The number of hydrogen-bond acceptors (Lipinski definition) is 2. The molecule has 20 heavy (non-hydrogen) atoms. The van der Waals surface area contributed by atoms with E-state index < -0.39 is 0 Å². The lowest BCUT2D eigenvalue weighted by molar-refractivity contribution is 0.618. The molecule has 0 bridgehead atoms. The van der Waals surface area contributed by atoms with Gasteiger partial charge in [0.25, 0.3) is 0 Å². The van der Waals surface area contributed by atoms with Crippen molar-refractivity contribution in [1.29, 1.82) is 0 Å². The minimum atomic E-state index is 0.198. The van der Waals surface area contributed by atoms with E-state index in [9.17, 15) is 0 Å². The second-order valence-electron chi connectivity index (χ2n) is 5.14. The van der Waals surface area contributed by atoms with Crippen LogP contribution < -0.4 is 10.6 Å². The monoisotopic (exact) mass is 262 g/mol. The summed E-state index contributed by atoms with van der Waals surface area (Å²) in [5.41, 5.74) is 9.79. The van der Waals surface area contributed by atoms with Gasteiger partial charge < -0.3 is 10.6 Å². The van der Waals surface area contributed by atoms with Gasteiger partial charge in [0.2, 0.25) is 0 Å². The van der Waals surface area contributed by atoms with Crippen molar-refractivity contribution < 1.29 is 0 Å². The van der Waals surface area contributed by atoms with Gasteiger partial charge in [-0.2, -0.15) is 0 Å². The topological polar surface area (TPSA) is 29.3 Å². The summed E-state index contributed by atoms with van der Waals surface area (Å²) in [5.74, 6) is 6.46. The Hall–Kier alpha value is -2.24. The third-order valence-electron chi connectivity index (χ3n) is 3.55. The van der Waals surface area contributed by atoms with Gasteiger partial charge >= 0.3 is 0 Å². The number of nitrogens with two attached hydrogens (primary N) is 1. The Morgan fingerprint density at radius 2 is 1.80 bits per heavy atom. The van der Waals surface area contributed by atoms with Crippen LogP contribution in [0.5, 0.6) is 0 Å². The van der Waals surface area contributed by atoms with E-state index >= 15 is 0 Å². The van der Waals surface area contributed by atoms with E-state index in [1.165, 1.54) is 11.3 Å². The lowest BCUT2D eigenvalue weighted by Crippen LogP contribution is -2.43. The predicted molar refractivity (Wildman–Crippen MR) is 83.7 cm³/mol. The van der Waals surface area contributed by atoms with Crippen LogP contribution >= 0.6 is 0 Å². The average molecular weight is 262 g/mol. The van der Waals surface area contributed by atoms with Crippen LogP contribution in [0.3, 0.4) is 0 Å². The molecule has 2 N–H and O–H groups in total. The second kappa shape index (κ2) is 5.81. The van der Waals surface area contributed by atoms with E-state index in [1.54, 1.807) is 0 Å². The number of rotatable bonds is 1. The molecular formula is C18H18N2. The van der Waals surface area contributed by atoms with Gasteiger partial charge in [0.15, 0.2) is 0 Å². The second-order valence-corrected chi connectivity index (χ2v) is 5.14. The predicted octanol–water partition coefficient (Wildman–Crippen LogP) is 2.43. The molecule has 1 aliphatic heterocycles. The Balaban J connectivity index is 1.77. The fourth-order valence-electron chi connectivity index (χ4n) is 2.63. The van der Waals surface area contributed by atoms with Gasteiger partial charge in [0, 0.05) is 23.8 Å². The zero-order chi connectivity index (χ0) is 13.8. The van der Waals surface area contributed by atoms with E-state index in [0.29, 0.717) is 0 Å². The molecular weight excluding hydrogens is 244 g/mol. The van der Waals surface area contributed by atoms with Crippen LogP contribution in [-0.2, 0) is 6.42 Å². The highest BCUT2D eigenvalue weighted by Crippen LogP contribution is 2.25. The quantitative estimate of drug-likeness (QED) is 0.800. The molecule has 1 atom stereocenters. The third-order valence-corrected chi connectivity index (χ3v) is 3.55. The minimum absolute atomic E-state index is 0.198. The first-order chi connectivity index (χ1) is 9.83. The fraction of sp³-hybridized carbons (Fsp3) is 0.222. The van der Waals surface area contributed by atoms with Crippen LogP contribution in [-0.4, -0.2) is 19.1 Å². The van der Waals surface area contributed by atoms with Gasteiger partial charge in [0.05, 0.1) is 6.54 Å². The number of nitrogens with zero attached hydrogens (tertiary/aromatic N) is 1. The molecule has 2 heteroatoms. The first-order valence-corrected chi connectivity index (χ1v) is 6.95. The Morgan fingerprint density at radius 3 is 2.65 bits per heavy atom. The Kier molecular flexibility index (Phi) is 3.71. The molecule has 1 heterocycles. The Bertz CT molecular complexity index is 637. The summed E-state index contributed by atoms with van der Waals surface area (Å²) >= 11 is 0. The van der Waals surface area contributed by atoms with Crippen molar-refractivity contribution in [3.05, 3.63) is 65.7 Å². The van der Waals surface area contributed by atoms with E-state index in [-0.39, 0.29) is 6.04 Å². The average Bonchev–Trinajstić information content (AvgIpc) is 2.48. The molecule has 2 nitrogen and oxygen atoms in total. The van der Waals surface area contributed by atoms with E-state index in [0.717, 1.165) is 25.1 Å². The maximum Gasteiger partial charge on any atom is 0.0798 e. The van der Waals surface area contributed by atoms with E-state index in [2.05, 4.69) is 41.0 Å². The smallest absolute Gasteiger partial charge is 0.0798 e. The van der Waals surface area contributed by atoms with Crippen LogP contribution in [0.2, 0.25) is 0 Å². The summed E-state index contributed by atoms with van der Waals surface area (Å²) in [6.45, 7) is 1.60. The summed E-state index contributed by atoms with van der Waals surface area (Å²) in [6.07, 6.45) is 0.957. The van der Waals surface area contributed by atoms with Gasteiger partial charge in [-0.05, 0) is 30.2 Å². The molecule has 2 aromatic carbocycles. The van der Waals surface area contributed by atoms with Crippen LogP contribution in [0.1, 0.15) is 11.1 Å². The molecule has 0 saturated heterocycles. The fourth-order valence-corrected chi connectivity index (χ4v) is 2.63. The summed E-state index contributed by atoms with van der Waals surface area (Å²) in [6, 6.07) is 18.8. The lowest BCUT2D eigenvalue weighted by atomic mass is 9.98. The zero-order valence-electron chi connectivity index (χ0n) is 11.4. The number of benzene rings is 2. The molecule has 100 valence electrons. The van der Waals surface area contributed by atoms with Crippen molar-refractivity contribution in [2.24, 2.45) is 5.73 Å². The number of fused-ring (bicyclic) bond motifs is 1. The molecule has 0 spiro atoms. The lowest BCUT2D eigenvalue weighted by Gasteiger charge is -2.33. The van der Waals surface area contributed by atoms with Crippen LogP contribution in [0, 0.1) is 11.8 Å². The van der Waals surface area contributed by atoms with Gasteiger partial charge in [-0.3, -0.25) is 0 Å². The molecule has 0 fully saturated rings. The summed E-state index contributed by atoms with van der Waals surface area (Å²) in [5, 5.41) is 0. The first kappa shape index (κ1) is 12.8. The van der Waals surface area contributed by atoms with Gasteiger partial charge in [-0.15, -0.1) is 0 Å². The van der Waals surface area contributed by atoms with Crippen LogP contribution in [0.25, 0.3) is 0 Å². The zero-order valence-corrected chi connectivity index (χ0v) is 11.4. The SMILES string of the molecule is NC1Cc2ccccc2N(CC#Cc2ccccc2)C1. The molecule has 0 saturated carbocycles. The van der Waals surface area contributed by atoms with Gasteiger partial charge in [-0.25, -0.2) is 0 Å². The minimum Gasteiger partial charge on any atom is -0.359 e. The molecule has 2 aromatic rings. The summed E-state index contributed by atoms with van der Waals surface area (Å²) in [7, 11) is 0. The Morgan fingerprint density at radius 1 is 1.05 bits per heavy atom. The summed E-state index contributed by atoms with van der Waals surface area (Å²) in [4.78, 5) is 2.28. The maximum absolute atomic E-state index is 6.13. The number of para-hydroxylation sites is 1. The van der Waals surface area contributed by atoms with E-state index in [1.807, 2.05) is 30.3 Å². The van der Waals surface area contributed by atoms with Gasteiger partial charge in [-0.1, -0.05) is 48.2 Å². The molecule has 1 aliphatic rings. The number of anilines is 1. The molecule has 3 rings (SSSR count). The van der Waals surface area contributed by atoms with Crippen molar-refractivity contribution in [2.45, 2.75) is 12.5 Å². The van der Waals surface area contributed by atoms with Crippen LogP contribution in [0.4, 0.5) is 5.69 Å². The highest BCUT2D eigenvalue weighted by Gasteiger charge is 2.20. The highest BCUT2D eigenvalue weighted by molar-refractivity contribution is 5.57. The van der Waals surface area contributed by atoms with Gasteiger partial charge in [0.1, 0.15) is 0 Å². The highest BCUT2D eigenvalue weighted by atomic mass is 15.1. The first-order valence-electron chi connectivity index (χ1n) is 6.95. The van der Waals surface area contributed by atoms with Crippen molar-refractivity contribution >= 4 is 5.69 Å². The molecule has 1 unspecified atom stereocenters. The standard InChI is InChI=1S/C18H18N2/c19-17-13-16-10-4-5-11-18(16)20(14-17)12-6-9-15-7-2-1-3-8-15/h1-5,7-8,10-11,17H,12-14,19H2. The Labute approximate surface area is 120 Å². The maximum atomic E-state index is 6.13. The normalized spacial score (nSPS) is 17.1. The van der Waals surface area contributed by atoms with Crippen molar-refractivity contribution in [3.8, 4) is 11.8 Å². The summed E-state index contributed by atoms with van der Waals surface area (Å²) < 4.78 is 0. The van der Waals surface area contributed by atoms with Crippen molar-refractivity contribution in [1.82, 2.24) is 0 Å². The van der Waals surface area contributed by atoms with Crippen LogP contribution in [0.15, 0.2) is 54.6 Å². The van der Waals surface area contributed by atoms with Crippen molar-refractivity contribution in [2.75, 3.05) is 18.0 Å². The van der Waals surface area contributed by atoms with Crippen molar-refractivity contribution in [3.63, 3.8) is 0 Å². The molecule has 0 aliphatic carbocycles. The molecule has 0 aromatic heterocycles. The van der Waals surface area contributed by atoms with E-state index in [4.69, 9.17) is 5.73 Å². The molecule has 0 amide bonds. The largest absolute Gasteiger partial charge is 0.359 e. The molecule has 0 radical (unpaired) electrons. The third kappa shape index (κ3) is 2.84. The number of hydrogen-bond donors (Lipinski definition) is 1.